The van der Waals surface area contributed by atoms with Crippen molar-refractivity contribution in [2.75, 3.05) is 26.4 Å². The van der Waals surface area contributed by atoms with Crippen molar-refractivity contribution in [2.24, 2.45) is 11.8 Å². The number of rotatable bonds is 8. The van der Waals surface area contributed by atoms with Crippen molar-refractivity contribution in [3.8, 4) is 0 Å². The average molecular weight is 246 g/mol. The second-order valence-electron chi connectivity index (χ2n) is 4.34. The minimum absolute atomic E-state index is 0.0537. The molecule has 1 saturated heterocycles. The molecule has 0 aromatic rings. The van der Waals surface area contributed by atoms with Crippen LogP contribution in [-0.4, -0.2) is 38.8 Å². The molecule has 1 unspecified atom stereocenters. The Morgan fingerprint density at radius 1 is 1.24 bits per heavy atom. The average Bonchev–Trinajstić information content (AvgIpc) is 2.37. The van der Waals surface area contributed by atoms with E-state index in [-0.39, 0.29) is 12.3 Å². The lowest BCUT2D eigenvalue weighted by Crippen LogP contribution is -2.48. The van der Waals surface area contributed by atoms with Gasteiger partial charge in [0.15, 0.2) is 6.29 Å². The summed E-state index contributed by atoms with van der Waals surface area (Å²) in [7, 11) is 0. The first-order valence-corrected chi connectivity index (χ1v) is 6.58. The van der Waals surface area contributed by atoms with Gasteiger partial charge in [-0.05, 0) is 39.0 Å². The molecule has 5 nitrogen and oxygen atoms in total. The largest absolute Gasteiger partial charge is 0.381 e. The molecule has 0 aromatic carbocycles. The van der Waals surface area contributed by atoms with Gasteiger partial charge >= 0.3 is 0 Å². The zero-order valence-electron chi connectivity index (χ0n) is 11.0. The van der Waals surface area contributed by atoms with Gasteiger partial charge in [-0.3, -0.25) is 11.3 Å². The summed E-state index contributed by atoms with van der Waals surface area (Å²) in [5.74, 6) is 6.26. The summed E-state index contributed by atoms with van der Waals surface area (Å²) in [5, 5.41) is 0. The predicted octanol–water partition coefficient (Wildman–Crippen LogP) is 1.03. The molecule has 0 spiro atoms. The van der Waals surface area contributed by atoms with Crippen molar-refractivity contribution >= 4 is 0 Å². The van der Waals surface area contributed by atoms with E-state index in [0.29, 0.717) is 19.1 Å². The first-order valence-electron chi connectivity index (χ1n) is 6.58. The van der Waals surface area contributed by atoms with Crippen LogP contribution in [0, 0.1) is 5.92 Å². The molecule has 17 heavy (non-hydrogen) atoms. The highest BCUT2D eigenvalue weighted by atomic mass is 16.7. The molecule has 0 aliphatic carbocycles. The topological polar surface area (TPSA) is 65.7 Å². The maximum absolute atomic E-state index is 5.61. The summed E-state index contributed by atoms with van der Waals surface area (Å²) >= 11 is 0. The van der Waals surface area contributed by atoms with E-state index in [1.165, 1.54) is 0 Å². The van der Waals surface area contributed by atoms with Crippen molar-refractivity contribution in [3.63, 3.8) is 0 Å². The van der Waals surface area contributed by atoms with Gasteiger partial charge in [-0.15, -0.1) is 0 Å². The molecular weight excluding hydrogens is 220 g/mol. The molecular formula is C12H26N2O3. The summed E-state index contributed by atoms with van der Waals surface area (Å²) in [6.07, 6.45) is 2.93. The molecule has 102 valence electrons. The van der Waals surface area contributed by atoms with Gasteiger partial charge in [-0.2, -0.15) is 0 Å². The van der Waals surface area contributed by atoms with Gasteiger partial charge in [0.1, 0.15) is 0 Å². The molecule has 1 rings (SSSR count). The van der Waals surface area contributed by atoms with Crippen molar-refractivity contribution in [1.29, 1.82) is 0 Å². The Bertz CT molecular complexity index is 181. The van der Waals surface area contributed by atoms with Crippen molar-refractivity contribution in [1.82, 2.24) is 5.43 Å². The van der Waals surface area contributed by atoms with Gasteiger partial charge in [0.05, 0.1) is 6.04 Å². The SMILES string of the molecule is CCOC(OCC)C(CC1CCOCC1)NN. The van der Waals surface area contributed by atoms with E-state index in [2.05, 4.69) is 5.43 Å². The number of hydrazine groups is 1. The smallest absolute Gasteiger partial charge is 0.174 e. The molecule has 1 heterocycles. The highest BCUT2D eigenvalue weighted by molar-refractivity contribution is 4.75. The third-order valence-corrected chi connectivity index (χ3v) is 3.13. The molecule has 1 fully saturated rings. The van der Waals surface area contributed by atoms with Gasteiger partial charge < -0.3 is 14.2 Å². The maximum Gasteiger partial charge on any atom is 0.174 e. The Morgan fingerprint density at radius 2 is 1.82 bits per heavy atom. The number of nitrogens with two attached hydrogens (primary N) is 1. The molecule has 0 aromatic heterocycles. The number of nitrogens with one attached hydrogen (secondary N) is 1. The van der Waals surface area contributed by atoms with Crippen molar-refractivity contribution in [2.45, 2.75) is 45.4 Å². The number of hydrogen-bond donors (Lipinski definition) is 2. The highest BCUT2D eigenvalue weighted by Crippen LogP contribution is 2.22. The molecule has 0 bridgehead atoms. The summed E-state index contributed by atoms with van der Waals surface area (Å²) in [4.78, 5) is 0. The van der Waals surface area contributed by atoms with E-state index < -0.39 is 0 Å². The molecule has 1 atom stereocenters. The molecule has 1 aliphatic heterocycles. The van der Waals surface area contributed by atoms with E-state index in [9.17, 15) is 0 Å². The summed E-state index contributed by atoms with van der Waals surface area (Å²) < 4.78 is 16.5. The van der Waals surface area contributed by atoms with E-state index in [1.54, 1.807) is 0 Å². The Balaban J connectivity index is 2.42. The fourth-order valence-electron chi connectivity index (χ4n) is 2.21. The van der Waals surface area contributed by atoms with Crippen LogP contribution in [0.15, 0.2) is 0 Å². The Morgan fingerprint density at radius 3 is 2.29 bits per heavy atom. The third-order valence-electron chi connectivity index (χ3n) is 3.13. The van der Waals surface area contributed by atoms with Crippen LogP contribution in [-0.2, 0) is 14.2 Å². The zero-order valence-corrected chi connectivity index (χ0v) is 11.0. The molecule has 0 saturated carbocycles. The third kappa shape index (κ3) is 5.31. The lowest BCUT2D eigenvalue weighted by atomic mass is 9.92. The van der Waals surface area contributed by atoms with Gasteiger partial charge in [0.2, 0.25) is 0 Å². The van der Waals surface area contributed by atoms with Crippen LogP contribution in [0.25, 0.3) is 0 Å². The van der Waals surface area contributed by atoms with E-state index in [1.807, 2.05) is 13.8 Å². The number of ether oxygens (including phenoxy) is 3. The normalized spacial score (nSPS) is 19.8. The Labute approximate surface area is 104 Å². The minimum Gasteiger partial charge on any atom is -0.381 e. The maximum atomic E-state index is 5.61. The lowest BCUT2D eigenvalue weighted by Gasteiger charge is -2.30. The fraction of sp³-hybridized carbons (Fsp3) is 1.00. The summed E-state index contributed by atoms with van der Waals surface area (Å²) in [6, 6.07) is 0.0537. The van der Waals surface area contributed by atoms with Crippen LogP contribution in [0.4, 0.5) is 0 Å². The summed E-state index contributed by atoms with van der Waals surface area (Å²) in [6.45, 7) is 6.92. The van der Waals surface area contributed by atoms with E-state index >= 15 is 0 Å². The highest BCUT2D eigenvalue weighted by Gasteiger charge is 2.26. The predicted molar refractivity (Wildman–Crippen MR) is 66.3 cm³/mol. The first kappa shape index (κ1) is 14.9. The van der Waals surface area contributed by atoms with Crippen LogP contribution >= 0.6 is 0 Å². The minimum atomic E-state index is -0.252. The second-order valence-corrected chi connectivity index (χ2v) is 4.34. The van der Waals surface area contributed by atoms with Crippen LogP contribution < -0.4 is 11.3 Å². The molecule has 5 heteroatoms. The van der Waals surface area contributed by atoms with Gasteiger partial charge in [-0.1, -0.05) is 0 Å². The lowest BCUT2D eigenvalue weighted by molar-refractivity contribution is -0.157. The van der Waals surface area contributed by atoms with Gasteiger partial charge in [0, 0.05) is 26.4 Å². The zero-order chi connectivity index (χ0) is 12.5. The van der Waals surface area contributed by atoms with E-state index in [0.717, 1.165) is 32.5 Å². The Kier molecular flexibility index (Phi) is 7.72. The quantitative estimate of drug-likeness (QED) is 0.380. The van der Waals surface area contributed by atoms with Crippen molar-refractivity contribution in [3.05, 3.63) is 0 Å². The molecule has 1 aliphatic rings. The van der Waals surface area contributed by atoms with Crippen molar-refractivity contribution < 1.29 is 14.2 Å². The monoisotopic (exact) mass is 246 g/mol. The first-order chi connectivity index (χ1) is 8.31. The fourth-order valence-corrected chi connectivity index (χ4v) is 2.21. The molecule has 0 amide bonds. The van der Waals surface area contributed by atoms with Crippen LogP contribution in [0.2, 0.25) is 0 Å². The van der Waals surface area contributed by atoms with Crippen LogP contribution in [0.1, 0.15) is 33.1 Å². The van der Waals surface area contributed by atoms with Crippen LogP contribution in [0.5, 0.6) is 0 Å². The van der Waals surface area contributed by atoms with Gasteiger partial charge in [0.25, 0.3) is 0 Å². The van der Waals surface area contributed by atoms with Gasteiger partial charge in [-0.25, -0.2) is 0 Å². The molecule has 3 N–H and O–H groups in total. The second kappa shape index (κ2) is 8.83. The van der Waals surface area contributed by atoms with Crippen LogP contribution in [0.3, 0.4) is 0 Å². The summed E-state index contributed by atoms with van der Waals surface area (Å²) in [5.41, 5.74) is 2.83. The molecule has 0 radical (unpaired) electrons. The Hall–Kier alpha value is -0.200. The standard InChI is InChI=1S/C12H26N2O3/c1-3-16-12(17-4-2)11(14-13)9-10-5-7-15-8-6-10/h10-12,14H,3-9,13H2,1-2H3. The van der Waals surface area contributed by atoms with E-state index in [4.69, 9.17) is 20.1 Å². The number of hydrogen-bond acceptors (Lipinski definition) is 5.